The fourth-order valence-corrected chi connectivity index (χ4v) is 6.29. The van der Waals surface area contributed by atoms with Crippen LogP contribution in [0.15, 0.2) is 47.3 Å². The minimum absolute atomic E-state index is 0.00608. The molecule has 0 spiro atoms. The predicted octanol–water partition coefficient (Wildman–Crippen LogP) is 2.84. The summed E-state index contributed by atoms with van der Waals surface area (Å²) in [5.74, 6) is -0.427. The second-order valence-corrected chi connectivity index (χ2v) is 9.53. The van der Waals surface area contributed by atoms with Gasteiger partial charge in [-0.1, -0.05) is 43.3 Å². The zero-order valence-electron chi connectivity index (χ0n) is 19.5. The largest absolute Gasteiger partial charge is 0.396 e. The lowest BCUT2D eigenvalue weighted by molar-refractivity contribution is -0.139. The molecule has 0 saturated carbocycles. The Bertz CT molecular complexity index is 1140. The van der Waals surface area contributed by atoms with Crippen molar-refractivity contribution in [1.29, 1.82) is 0 Å². The molecule has 3 aliphatic heterocycles. The maximum atomic E-state index is 14.0. The second-order valence-electron chi connectivity index (χ2n) is 9.53. The maximum Gasteiger partial charge on any atom is 0.258 e. The Morgan fingerprint density at radius 1 is 1.18 bits per heavy atom. The van der Waals surface area contributed by atoms with E-state index in [1.165, 1.54) is 11.1 Å². The minimum atomic E-state index is -0.350. The van der Waals surface area contributed by atoms with Crippen molar-refractivity contribution in [3.05, 3.63) is 75.2 Å². The quantitative estimate of drug-likeness (QED) is 0.766. The molecule has 0 aliphatic carbocycles. The molecule has 6 nitrogen and oxygen atoms in total. The van der Waals surface area contributed by atoms with Crippen LogP contribution < -0.4 is 5.56 Å². The summed E-state index contributed by atoms with van der Waals surface area (Å²) in [7, 11) is 0. The smallest absolute Gasteiger partial charge is 0.258 e. The van der Waals surface area contributed by atoms with Gasteiger partial charge in [-0.3, -0.25) is 14.5 Å². The molecule has 0 unspecified atom stereocenters. The van der Waals surface area contributed by atoms with Gasteiger partial charge in [0.25, 0.3) is 5.56 Å². The first kappa shape index (κ1) is 22.1. The number of allylic oxidation sites excluding steroid dienone is 1. The summed E-state index contributed by atoms with van der Waals surface area (Å²) in [5.41, 5.74) is 4.09. The third kappa shape index (κ3) is 3.56. The van der Waals surface area contributed by atoms with Crippen LogP contribution in [0, 0.1) is 11.8 Å². The number of fused-ring (bicyclic) bond motifs is 5. The molecule has 1 aromatic carbocycles. The third-order valence-electron chi connectivity index (χ3n) is 7.76. The first-order valence-electron chi connectivity index (χ1n) is 12.2. The van der Waals surface area contributed by atoms with E-state index in [4.69, 9.17) is 0 Å². The molecule has 1 amide bonds. The van der Waals surface area contributed by atoms with Crippen molar-refractivity contribution < 1.29 is 9.90 Å². The molecule has 1 saturated heterocycles. The average Bonchev–Trinajstić information content (AvgIpc) is 3.04. The van der Waals surface area contributed by atoms with Crippen LogP contribution in [0.3, 0.4) is 0 Å². The molecule has 1 N–H and O–H groups in total. The van der Waals surface area contributed by atoms with Crippen LogP contribution in [0.1, 0.15) is 48.7 Å². The fourth-order valence-electron chi connectivity index (χ4n) is 6.29. The van der Waals surface area contributed by atoms with E-state index in [2.05, 4.69) is 30.0 Å². The highest BCUT2D eigenvalue weighted by molar-refractivity contribution is 5.81. The Hall–Kier alpha value is -2.70. The van der Waals surface area contributed by atoms with Crippen LogP contribution >= 0.6 is 0 Å². The van der Waals surface area contributed by atoms with Crippen molar-refractivity contribution in [2.45, 2.75) is 51.9 Å². The topological polar surface area (TPSA) is 65.8 Å². The number of hydrogen-bond acceptors (Lipinski definition) is 4. The van der Waals surface area contributed by atoms with Crippen LogP contribution in [0.5, 0.6) is 0 Å². The van der Waals surface area contributed by atoms with Gasteiger partial charge >= 0.3 is 0 Å². The number of benzene rings is 1. The highest BCUT2D eigenvalue weighted by Gasteiger charge is 2.56. The lowest BCUT2D eigenvalue weighted by atomic mass is 9.85. The van der Waals surface area contributed by atoms with Gasteiger partial charge in [0, 0.05) is 49.5 Å². The molecule has 4 atom stereocenters. The summed E-state index contributed by atoms with van der Waals surface area (Å²) >= 11 is 0. The van der Waals surface area contributed by atoms with Crippen LogP contribution in [0.25, 0.3) is 6.08 Å². The number of nitrogens with zero attached hydrogens (tertiary/aromatic N) is 3. The summed E-state index contributed by atoms with van der Waals surface area (Å²) < 4.78 is 1.86. The standard InChI is InChI=1S/C27H33N3O3/c1-3-7-19-10-11-22-25-24(27(33)28-14-12-18-8-5-6-9-20(18)15-28)21(17-31)23(29(25)13-4-2)16-30(22)26(19)32/h3,5-11,21,23-25,31H,4,12-17H2,1-2H3/b7-3-/t21-,23-,24+,25+/m1/s1. The van der Waals surface area contributed by atoms with Crippen molar-refractivity contribution in [1.82, 2.24) is 14.4 Å². The van der Waals surface area contributed by atoms with Gasteiger partial charge in [0.1, 0.15) is 0 Å². The summed E-state index contributed by atoms with van der Waals surface area (Å²) in [5, 5.41) is 10.5. The molecular formula is C27H33N3O3. The number of carbonyl (C=O) groups is 1. The average molecular weight is 448 g/mol. The second kappa shape index (κ2) is 8.92. The molecule has 33 heavy (non-hydrogen) atoms. The van der Waals surface area contributed by atoms with E-state index in [0.29, 0.717) is 25.2 Å². The van der Waals surface area contributed by atoms with E-state index in [1.807, 2.05) is 46.7 Å². The Kier molecular flexibility index (Phi) is 5.97. The van der Waals surface area contributed by atoms with Gasteiger partial charge in [-0.2, -0.15) is 0 Å². The van der Waals surface area contributed by atoms with Crippen LogP contribution in [0.2, 0.25) is 0 Å². The maximum absolute atomic E-state index is 14.0. The van der Waals surface area contributed by atoms with Gasteiger partial charge in [-0.15, -0.1) is 0 Å². The lowest BCUT2D eigenvalue weighted by Gasteiger charge is -2.38. The lowest BCUT2D eigenvalue weighted by Crippen LogP contribution is -2.47. The first-order valence-corrected chi connectivity index (χ1v) is 12.2. The van der Waals surface area contributed by atoms with E-state index < -0.39 is 0 Å². The van der Waals surface area contributed by atoms with Gasteiger partial charge in [0.15, 0.2) is 0 Å². The highest BCUT2D eigenvalue weighted by atomic mass is 16.3. The Balaban J connectivity index is 1.55. The van der Waals surface area contributed by atoms with Gasteiger partial charge in [0.05, 0.1) is 12.0 Å². The molecule has 3 aliphatic rings. The van der Waals surface area contributed by atoms with Crippen LogP contribution in [-0.2, 0) is 24.3 Å². The number of aliphatic hydroxyl groups excluding tert-OH is 1. The molecule has 1 aromatic heterocycles. The van der Waals surface area contributed by atoms with Crippen molar-refractivity contribution in [2.24, 2.45) is 11.8 Å². The SMILES string of the molecule is C/C=C\c1ccc2n(c1=O)C[C@@H]1[C@@H](CO)[C@H](C(=O)N3CCc4ccccc4C3)[C@H]2N1CCC. The summed E-state index contributed by atoms with van der Waals surface area (Å²) in [6.45, 7) is 6.68. The fraction of sp³-hybridized carbons (Fsp3) is 0.481. The number of aliphatic hydroxyl groups is 1. The molecular weight excluding hydrogens is 414 g/mol. The van der Waals surface area contributed by atoms with E-state index in [0.717, 1.165) is 25.1 Å². The van der Waals surface area contributed by atoms with Crippen LogP contribution in [-0.4, -0.2) is 51.1 Å². The third-order valence-corrected chi connectivity index (χ3v) is 7.76. The monoisotopic (exact) mass is 447 g/mol. The molecule has 6 heteroatoms. The Labute approximate surface area is 195 Å². The minimum Gasteiger partial charge on any atom is -0.396 e. The number of carbonyl (C=O) groups excluding carboxylic acids is 1. The van der Waals surface area contributed by atoms with Gasteiger partial charge < -0.3 is 14.6 Å². The molecule has 0 radical (unpaired) electrons. The number of aromatic nitrogens is 1. The molecule has 2 aromatic rings. The van der Waals surface area contributed by atoms with Gasteiger partial charge in [0.2, 0.25) is 5.91 Å². The zero-order chi connectivity index (χ0) is 23.1. The molecule has 5 rings (SSSR count). The number of amides is 1. The first-order chi connectivity index (χ1) is 16.1. The molecule has 1 fully saturated rings. The summed E-state index contributed by atoms with van der Waals surface area (Å²) in [4.78, 5) is 31.6. The molecule has 4 heterocycles. The summed E-state index contributed by atoms with van der Waals surface area (Å²) in [6, 6.07) is 12.0. The van der Waals surface area contributed by atoms with Gasteiger partial charge in [-0.25, -0.2) is 0 Å². The van der Waals surface area contributed by atoms with Crippen LogP contribution in [0.4, 0.5) is 0 Å². The highest BCUT2D eigenvalue weighted by Crippen LogP contribution is 2.49. The number of hydrogen-bond donors (Lipinski definition) is 1. The number of pyridine rings is 1. The van der Waals surface area contributed by atoms with Crippen molar-refractivity contribution in [3.63, 3.8) is 0 Å². The molecule has 174 valence electrons. The van der Waals surface area contributed by atoms with Gasteiger partial charge in [-0.05, 0) is 49.6 Å². The van der Waals surface area contributed by atoms with Crippen molar-refractivity contribution >= 4 is 12.0 Å². The van der Waals surface area contributed by atoms with E-state index in [9.17, 15) is 14.7 Å². The predicted molar refractivity (Wildman–Crippen MR) is 129 cm³/mol. The normalized spacial score (nSPS) is 26.5. The Morgan fingerprint density at radius 2 is 1.97 bits per heavy atom. The number of rotatable bonds is 5. The Morgan fingerprint density at radius 3 is 2.70 bits per heavy atom. The van der Waals surface area contributed by atoms with E-state index in [1.54, 1.807) is 0 Å². The van der Waals surface area contributed by atoms with Crippen molar-refractivity contribution in [2.75, 3.05) is 19.7 Å². The molecule has 2 bridgehead atoms. The van der Waals surface area contributed by atoms with Crippen molar-refractivity contribution in [3.8, 4) is 0 Å². The van der Waals surface area contributed by atoms with E-state index >= 15 is 0 Å². The van der Waals surface area contributed by atoms with E-state index in [-0.39, 0.29) is 42.0 Å². The zero-order valence-corrected chi connectivity index (χ0v) is 19.5. The summed E-state index contributed by atoms with van der Waals surface area (Å²) in [6.07, 6.45) is 5.53.